The molecule has 0 aliphatic heterocycles. The zero-order chi connectivity index (χ0) is 16.1. The Morgan fingerprint density at radius 3 is 2.65 bits per heavy atom. The van der Waals surface area contributed by atoms with Crippen LogP contribution in [0.15, 0.2) is 71.8 Å². The molecule has 0 spiro atoms. The number of rotatable bonds is 3. The van der Waals surface area contributed by atoms with E-state index < -0.39 is 0 Å². The summed E-state index contributed by atoms with van der Waals surface area (Å²) in [6, 6.07) is 20.2. The molecule has 3 aromatic carbocycles. The molecule has 5 heteroatoms. The minimum atomic E-state index is -0.322. The number of thiocarbonyl (C=S) groups is 1. The highest BCUT2D eigenvalue weighted by Gasteiger charge is 1.99. The molecule has 3 aromatic rings. The van der Waals surface area contributed by atoms with Crippen LogP contribution < -0.4 is 10.7 Å². The maximum Gasteiger partial charge on any atom is 0.191 e. The van der Waals surface area contributed by atoms with Gasteiger partial charge in [-0.1, -0.05) is 48.5 Å². The van der Waals surface area contributed by atoms with Gasteiger partial charge in [-0.3, -0.25) is 5.43 Å². The lowest BCUT2D eigenvalue weighted by molar-refractivity contribution is 0.628. The van der Waals surface area contributed by atoms with E-state index in [0.717, 1.165) is 16.3 Å². The van der Waals surface area contributed by atoms with Crippen molar-refractivity contribution in [2.75, 3.05) is 5.32 Å². The normalized spacial score (nSPS) is 10.8. The van der Waals surface area contributed by atoms with Crippen LogP contribution in [0.1, 0.15) is 5.56 Å². The monoisotopic (exact) mass is 323 g/mol. The number of hydrogen-bond donors (Lipinski definition) is 2. The van der Waals surface area contributed by atoms with Gasteiger partial charge < -0.3 is 5.32 Å². The Balaban J connectivity index is 1.67. The number of hydrazone groups is 1. The van der Waals surface area contributed by atoms with Crippen molar-refractivity contribution < 1.29 is 4.39 Å². The van der Waals surface area contributed by atoms with Crippen molar-refractivity contribution in [3.63, 3.8) is 0 Å². The van der Waals surface area contributed by atoms with E-state index in [-0.39, 0.29) is 5.82 Å². The SMILES string of the molecule is Fc1cccc(NC(=S)NN=Cc2cccc3ccccc23)c1. The molecule has 0 amide bonds. The lowest BCUT2D eigenvalue weighted by atomic mass is 10.1. The predicted molar refractivity (Wildman–Crippen MR) is 97.3 cm³/mol. The minimum Gasteiger partial charge on any atom is -0.331 e. The molecule has 23 heavy (non-hydrogen) atoms. The van der Waals surface area contributed by atoms with Gasteiger partial charge in [0.25, 0.3) is 0 Å². The van der Waals surface area contributed by atoms with E-state index in [1.807, 2.05) is 30.3 Å². The number of nitrogens with one attached hydrogen (secondary N) is 2. The molecule has 0 aliphatic carbocycles. The molecule has 0 atom stereocenters. The van der Waals surface area contributed by atoms with E-state index in [9.17, 15) is 4.39 Å². The van der Waals surface area contributed by atoms with E-state index in [1.165, 1.54) is 12.1 Å². The van der Waals surface area contributed by atoms with Crippen LogP contribution in [0.2, 0.25) is 0 Å². The van der Waals surface area contributed by atoms with Crippen LogP contribution >= 0.6 is 12.2 Å². The Kier molecular flexibility index (Phi) is 4.59. The number of fused-ring (bicyclic) bond motifs is 1. The zero-order valence-electron chi connectivity index (χ0n) is 12.2. The Labute approximate surface area is 138 Å². The van der Waals surface area contributed by atoms with Crippen molar-refractivity contribution in [3.05, 3.63) is 78.1 Å². The average Bonchev–Trinajstić information content (AvgIpc) is 2.55. The third kappa shape index (κ3) is 3.90. The van der Waals surface area contributed by atoms with Crippen molar-refractivity contribution in [2.45, 2.75) is 0 Å². The van der Waals surface area contributed by atoms with Gasteiger partial charge in [-0.2, -0.15) is 5.10 Å². The van der Waals surface area contributed by atoms with E-state index in [4.69, 9.17) is 12.2 Å². The largest absolute Gasteiger partial charge is 0.331 e. The number of halogens is 1. The molecule has 114 valence electrons. The first kappa shape index (κ1) is 15.1. The Morgan fingerprint density at radius 1 is 1.00 bits per heavy atom. The first-order chi connectivity index (χ1) is 11.2. The van der Waals surface area contributed by atoms with Gasteiger partial charge in [0.1, 0.15) is 5.82 Å². The standard InChI is InChI=1S/C18H14FN3S/c19-15-8-4-9-16(11-15)21-18(23)22-20-12-14-7-3-6-13-5-1-2-10-17(13)14/h1-12H,(H2,21,22,23). The summed E-state index contributed by atoms with van der Waals surface area (Å²) in [5, 5.41) is 9.57. The van der Waals surface area contributed by atoms with Gasteiger partial charge in [-0.25, -0.2) is 4.39 Å². The molecule has 3 nitrogen and oxygen atoms in total. The highest BCUT2D eigenvalue weighted by atomic mass is 32.1. The summed E-state index contributed by atoms with van der Waals surface area (Å²) < 4.78 is 13.1. The third-order valence-corrected chi connectivity index (χ3v) is 3.47. The van der Waals surface area contributed by atoms with Gasteiger partial charge >= 0.3 is 0 Å². The summed E-state index contributed by atoms with van der Waals surface area (Å²) in [4.78, 5) is 0. The van der Waals surface area contributed by atoms with E-state index in [2.05, 4.69) is 28.0 Å². The van der Waals surface area contributed by atoms with Crippen LogP contribution in [-0.4, -0.2) is 11.3 Å². The number of hydrogen-bond acceptors (Lipinski definition) is 2. The highest BCUT2D eigenvalue weighted by Crippen LogP contribution is 2.16. The molecule has 0 unspecified atom stereocenters. The van der Waals surface area contributed by atoms with Crippen molar-refractivity contribution >= 4 is 40.0 Å². The van der Waals surface area contributed by atoms with E-state index in [0.29, 0.717) is 10.8 Å². The first-order valence-corrected chi connectivity index (χ1v) is 7.46. The summed E-state index contributed by atoms with van der Waals surface area (Å²) in [6.07, 6.45) is 1.71. The molecule has 0 bridgehead atoms. The lowest BCUT2D eigenvalue weighted by Gasteiger charge is -2.07. The van der Waals surface area contributed by atoms with Gasteiger partial charge in [0.05, 0.1) is 6.21 Å². The van der Waals surface area contributed by atoms with E-state index in [1.54, 1.807) is 18.3 Å². The van der Waals surface area contributed by atoms with Crippen LogP contribution in [0.3, 0.4) is 0 Å². The second-order valence-corrected chi connectivity index (χ2v) is 5.31. The smallest absolute Gasteiger partial charge is 0.191 e. The molecular formula is C18H14FN3S. The summed E-state index contributed by atoms with van der Waals surface area (Å²) in [6.45, 7) is 0. The van der Waals surface area contributed by atoms with Gasteiger partial charge in [-0.05, 0) is 41.2 Å². The fourth-order valence-corrected chi connectivity index (χ4v) is 2.42. The maximum atomic E-state index is 13.1. The molecule has 0 fully saturated rings. The maximum absolute atomic E-state index is 13.1. The van der Waals surface area contributed by atoms with Crippen molar-refractivity contribution in [1.29, 1.82) is 0 Å². The third-order valence-electron chi connectivity index (χ3n) is 3.28. The number of anilines is 1. The van der Waals surface area contributed by atoms with Crippen molar-refractivity contribution in [3.8, 4) is 0 Å². The quantitative estimate of drug-likeness (QED) is 0.429. The first-order valence-electron chi connectivity index (χ1n) is 7.06. The molecule has 0 heterocycles. The second kappa shape index (κ2) is 6.98. The molecule has 2 N–H and O–H groups in total. The van der Waals surface area contributed by atoms with Crippen LogP contribution in [0, 0.1) is 5.82 Å². The van der Waals surface area contributed by atoms with Crippen LogP contribution in [-0.2, 0) is 0 Å². The molecular weight excluding hydrogens is 309 g/mol. The van der Waals surface area contributed by atoms with Gasteiger partial charge in [0, 0.05) is 11.3 Å². The molecule has 0 radical (unpaired) electrons. The highest BCUT2D eigenvalue weighted by molar-refractivity contribution is 7.80. The molecule has 0 aliphatic rings. The van der Waals surface area contributed by atoms with Crippen LogP contribution in [0.4, 0.5) is 10.1 Å². The summed E-state index contributed by atoms with van der Waals surface area (Å²) >= 11 is 5.13. The van der Waals surface area contributed by atoms with Crippen molar-refractivity contribution in [1.82, 2.24) is 5.43 Å². The van der Waals surface area contributed by atoms with Gasteiger partial charge in [0.2, 0.25) is 0 Å². The molecule has 0 saturated heterocycles. The summed E-state index contributed by atoms with van der Waals surface area (Å²) in [5.41, 5.74) is 4.29. The fourth-order valence-electron chi connectivity index (χ4n) is 2.25. The number of nitrogens with zero attached hydrogens (tertiary/aromatic N) is 1. The van der Waals surface area contributed by atoms with Gasteiger partial charge in [-0.15, -0.1) is 0 Å². The van der Waals surface area contributed by atoms with Crippen molar-refractivity contribution in [2.24, 2.45) is 5.10 Å². The second-order valence-electron chi connectivity index (χ2n) is 4.90. The molecule has 0 saturated carbocycles. The fraction of sp³-hybridized carbons (Fsp3) is 0. The Bertz CT molecular complexity index is 872. The minimum absolute atomic E-state index is 0.298. The van der Waals surface area contributed by atoms with Crippen LogP contribution in [0.25, 0.3) is 10.8 Å². The molecule has 0 aromatic heterocycles. The van der Waals surface area contributed by atoms with Crippen LogP contribution in [0.5, 0.6) is 0 Å². The number of benzene rings is 3. The summed E-state index contributed by atoms with van der Waals surface area (Å²) in [5.74, 6) is -0.322. The Morgan fingerprint density at radius 2 is 1.78 bits per heavy atom. The zero-order valence-corrected chi connectivity index (χ0v) is 13.0. The topological polar surface area (TPSA) is 36.4 Å². The predicted octanol–water partition coefficient (Wildman–Crippen LogP) is 4.30. The lowest BCUT2D eigenvalue weighted by Crippen LogP contribution is -2.23. The molecule has 3 rings (SSSR count). The average molecular weight is 323 g/mol. The van der Waals surface area contributed by atoms with Gasteiger partial charge in [0.15, 0.2) is 5.11 Å². The van der Waals surface area contributed by atoms with E-state index >= 15 is 0 Å². The Hall–Kier alpha value is -2.79. The summed E-state index contributed by atoms with van der Waals surface area (Å²) in [7, 11) is 0.